The molecule has 0 aliphatic heterocycles. The van der Waals surface area contributed by atoms with E-state index in [0.29, 0.717) is 12.1 Å². The standard InChI is InChI=1S/C13H17N3O3S/c1-3-6-16(8-11(17)19-2)13(18)10-5-4-9(7-15-10)12(14)20/h4-5,7H,3,6,8H2,1-2H3,(H2,14,20). The Morgan fingerprint density at radius 1 is 1.45 bits per heavy atom. The fourth-order valence-corrected chi connectivity index (χ4v) is 1.69. The van der Waals surface area contributed by atoms with Crippen LogP contribution in [0, 0.1) is 0 Å². The zero-order valence-electron chi connectivity index (χ0n) is 11.5. The maximum atomic E-state index is 12.3. The Morgan fingerprint density at radius 2 is 2.15 bits per heavy atom. The number of nitrogens with two attached hydrogens (primary N) is 1. The second kappa shape index (κ2) is 7.54. The molecule has 1 aromatic heterocycles. The summed E-state index contributed by atoms with van der Waals surface area (Å²) >= 11 is 4.82. The van der Waals surface area contributed by atoms with Crippen LogP contribution >= 0.6 is 12.2 Å². The topological polar surface area (TPSA) is 85.5 Å². The smallest absolute Gasteiger partial charge is 0.325 e. The van der Waals surface area contributed by atoms with E-state index in [-0.39, 0.29) is 23.1 Å². The van der Waals surface area contributed by atoms with Crippen molar-refractivity contribution in [3.8, 4) is 0 Å². The van der Waals surface area contributed by atoms with Crippen LogP contribution in [0.1, 0.15) is 29.4 Å². The van der Waals surface area contributed by atoms with Gasteiger partial charge in [-0.25, -0.2) is 0 Å². The summed E-state index contributed by atoms with van der Waals surface area (Å²) < 4.78 is 4.58. The van der Waals surface area contributed by atoms with Gasteiger partial charge in [0.2, 0.25) is 0 Å². The molecule has 0 bridgehead atoms. The summed E-state index contributed by atoms with van der Waals surface area (Å²) in [5, 5.41) is 0. The quantitative estimate of drug-likeness (QED) is 0.615. The maximum Gasteiger partial charge on any atom is 0.325 e. The van der Waals surface area contributed by atoms with Crippen LogP contribution in [0.2, 0.25) is 0 Å². The van der Waals surface area contributed by atoms with Crippen LogP contribution < -0.4 is 5.73 Å². The molecule has 0 radical (unpaired) electrons. The highest BCUT2D eigenvalue weighted by atomic mass is 32.1. The first-order valence-corrected chi connectivity index (χ1v) is 6.52. The maximum absolute atomic E-state index is 12.3. The van der Waals surface area contributed by atoms with Crippen LogP contribution in [0.4, 0.5) is 0 Å². The number of hydrogen-bond acceptors (Lipinski definition) is 5. The molecule has 20 heavy (non-hydrogen) atoms. The van der Waals surface area contributed by atoms with Crippen LogP contribution in [-0.4, -0.2) is 46.9 Å². The van der Waals surface area contributed by atoms with Crippen LogP contribution in [0.3, 0.4) is 0 Å². The molecule has 1 aromatic rings. The minimum atomic E-state index is -0.466. The molecule has 2 N–H and O–H groups in total. The van der Waals surface area contributed by atoms with E-state index < -0.39 is 5.97 Å². The largest absolute Gasteiger partial charge is 0.468 e. The average Bonchev–Trinajstić information content (AvgIpc) is 2.46. The van der Waals surface area contributed by atoms with Crippen LogP contribution in [0.15, 0.2) is 18.3 Å². The Hall–Kier alpha value is -2.02. The van der Waals surface area contributed by atoms with Gasteiger partial charge in [-0.15, -0.1) is 0 Å². The van der Waals surface area contributed by atoms with E-state index in [1.54, 1.807) is 6.07 Å². The Balaban J connectivity index is 2.88. The lowest BCUT2D eigenvalue weighted by atomic mass is 10.2. The van der Waals surface area contributed by atoms with Gasteiger partial charge >= 0.3 is 5.97 Å². The molecule has 0 aliphatic carbocycles. The van der Waals surface area contributed by atoms with E-state index in [4.69, 9.17) is 18.0 Å². The number of methoxy groups -OCH3 is 1. The van der Waals surface area contributed by atoms with Crippen molar-refractivity contribution in [3.63, 3.8) is 0 Å². The van der Waals surface area contributed by atoms with Crippen molar-refractivity contribution < 1.29 is 14.3 Å². The van der Waals surface area contributed by atoms with Crippen molar-refractivity contribution in [1.82, 2.24) is 9.88 Å². The third-order valence-electron chi connectivity index (χ3n) is 2.60. The number of esters is 1. The Labute approximate surface area is 122 Å². The van der Waals surface area contributed by atoms with Gasteiger partial charge in [0.05, 0.1) is 7.11 Å². The number of amides is 1. The molecule has 1 rings (SSSR count). The fourth-order valence-electron chi connectivity index (χ4n) is 1.57. The van der Waals surface area contributed by atoms with Gasteiger partial charge < -0.3 is 15.4 Å². The Kier molecular flexibility index (Phi) is 6.05. The number of carbonyl (C=O) groups excluding carboxylic acids is 2. The van der Waals surface area contributed by atoms with Crippen molar-refractivity contribution in [2.24, 2.45) is 5.73 Å². The molecule has 0 aromatic carbocycles. The third-order valence-corrected chi connectivity index (χ3v) is 2.83. The van der Waals surface area contributed by atoms with Gasteiger partial charge in [0.1, 0.15) is 17.2 Å². The molecule has 6 nitrogen and oxygen atoms in total. The van der Waals surface area contributed by atoms with Crippen LogP contribution in [-0.2, 0) is 9.53 Å². The number of carbonyl (C=O) groups is 2. The van der Waals surface area contributed by atoms with Gasteiger partial charge in [-0.1, -0.05) is 19.1 Å². The summed E-state index contributed by atoms with van der Waals surface area (Å²) in [6.45, 7) is 2.27. The molecule has 0 unspecified atom stereocenters. The molecule has 0 fully saturated rings. The predicted octanol–water partition coefficient (Wildman–Crippen LogP) is 0.741. The molecular weight excluding hydrogens is 278 g/mol. The van der Waals surface area contributed by atoms with Crippen molar-refractivity contribution >= 4 is 29.1 Å². The number of ether oxygens (including phenoxy) is 1. The van der Waals surface area contributed by atoms with Gasteiger partial charge in [-0.05, 0) is 18.6 Å². The van der Waals surface area contributed by atoms with Gasteiger partial charge in [-0.3, -0.25) is 14.6 Å². The highest BCUT2D eigenvalue weighted by Gasteiger charge is 2.19. The Bertz CT molecular complexity index is 502. The predicted molar refractivity (Wildman–Crippen MR) is 78.3 cm³/mol. The summed E-state index contributed by atoms with van der Waals surface area (Å²) in [4.78, 5) is 29.2. The molecular formula is C13H17N3O3S. The normalized spacial score (nSPS) is 9.90. The summed E-state index contributed by atoms with van der Waals surface area (Å²) in [7, 11) is 1.28. The zero-order chi connectivity index (χ0) is 15.1. The number of aromatic nitrogens is 1. The first-order chi connectivity index (χ1) is 9.49. The zero-order valence-corrected chi connectivity index (χ0v) is 12.3. The molecule has 1 heterocycles. The summed E-state index contributed by atoms with van der Waals surface area (Å²) in [6.07, 6.45) is 2.17. The highest BCUT2D eigenvalue weighted by Crippen LogP contribution is 2.05. The SMILES string of the molecule is CCCN(CC(=O)OC)C(=O)c1ccc(C(N)=S)cn1. The fraction of sp³-hybridized carbons (Fsp3) is 0.385. The summed E-state index contributed by atoms with van der Waals surface area (Å²) in [6, 6.07) is 3.17. The number of rotatable bonds is 6. The second-order valence-corrected chi connectivity index (χ2v) is 4.54. The van der Waals surface area contributed by atoms with Crippen molar-refractivity contribution in [1.29, 1.82) is 0 Å². The lowest BCUT2D eigenvalue weighted by Gasteiger charge is -2.20. The number of thiocarbonyl (C=S) groups is 1. The second-order valence-electron chi connectivity index (χ2n) is 4.10. The third kappa shape index (κ3) is 4.27. The minimum absolute atomic E-state index is 0.0953. The van der Waals surface area contributed by atoms with Gasteiger partial charge in [-0.2, -0.15) is 0 Å². The molecule has 1 amide bonds. The highest BCUT2D eigenvalue weighted by molar-refractivity contribution is 7.80. The van der Waals surface area contributed by atoms with E-state index in [9.17, 15) is 9.59 Å². The number of nitrogens with zero attached hydrogens (tertiary/aromatic N) is 2. The van der Waals surface area contributed by atoms with E-state index in [0.717, 1.165) is 6.42 Å². The van der Waals surface area contributed by atoms with Crippen LogP contribution in [0.25, 0.3) is 0 Å². The lowest BCUT2D eigenvalue weighted by Crippen LogP contribution is -2.37. The molecule has 0 saturated carbocycles. The first-order valence-electron chi connectivity index (χ1n) is 6.11. The molecule has 7 heteroatoms. The summed E-state index contributed by atoms with van der Waals surface area (Å²) in [5.41, 5.74) is 6.29. The van der Waals surface area contributed by atoms with Gasteiger partial charge in [0.25, 0.3) is 5.91 Å². The molecule has 108 valence electrons. The van der Waals surface area contributed by atoms with E-state index in [1.165, 1.54) is 24.3 Å². The van der Waals surface area contributed by atoms with E-state index >= 15 is 0 Å². The molecule has 0 atom stereocenters. The van der Waals surface area contributed by atoms with E-state index in [2.05, 4.69) is 9.72 Å². The number of hydrogen-bond donors (Lipinski definition) is 1. The monoisotopic (exact) mass is 295 g/mol. The lowest BCUT2D eigenvalue weighted by molar-refractivity contribution is -0.141. The molecule has 0 spiro atoms. The van der Waals surface area contributed by atoms with E-state index in [1.807, 2.05) is 6.92 Å². The Morgan fingerprint density at radius 3 is 2.60 bits per heavy atom. The van der Waals surface area contributed by atoms with Crippen molar-refractivity contribution in [3.05, 3.63) is 29.6 Å². The van der Waals surface area contributed by atoms with Crippen molar-refractivity contribution in [2.75, 3.05) is 20.2 Å². The number of pyridine rings is 1. The first kappa shape index (κ1) is 16.0. The molecule has 0 saturated heterocycles. The minimum Gasteiger partial charge on any atom is -0.468 e. The molecule has 0 aliphatic rings. The summed E-state index contributed by atoms with van der Waals surface area (Å²) in [5.74, 6) is -0.793. The van der Waals surface area contributed by atoms with Gasteiger partial charge in [0, 0.05) is 18.3 Å². The van der Waals surface area contributed by atoms with Crippen LogP contribution in [0.5, 0.6) is 0 Å². The van der Waals surface area contributed by atoms with Gasteiger partial charge in [0.15, 0.2) is 0 Å². The van der Waals surface area contributed by atoms with Crippen molar-refractivity contribution in [2.45, 2.75) is 13.3 Å². The average molecular weight is 295 g/mol.